The molecule has 18 heavy (non-hydrogen) atoms. The van der Waals surface area contributed by atoms with Crippen LogP contribution in [0, 0.1) is 5.41 Å². The van der Waals surface area contributed by atoms with E-state index in [2.05, 4.69) is 18.8 Å². The van der Waals surface area contributed by atoms with Crippen molar-refractivity contribution in [3.05, 3.63) is 41.4 Å². The number of carbonyl (C=O) groups excluding carboxylic acids is 1. The Kier molecular flexibility index (Phi) is 4.28. The second-order valence-electron chi connectivity index (χ2n) is 5.77. The van der Waals surface area contributed by atoms with Gasteiger partial charge >= 0.3 is 0 Å². The van der Waals surface area contributed by atoms with Crippen LogP contribution in [0.4, 0.5) is 0 Å². The summed E-state index contributed by atoms with van der Waals surface area (Å²) >= 11 is 0. The number of pyridine rings is 1. The molecule has 0 aliphatic rings. The van der Waals surface area contributed by atoms with Crippen LogP contribution in [0.5, 0.6) is 0 Å². The van der Waals surface area contributed by atoms with Crippen molar-refractivity contribution in [1.82, 2.24) is 4.98 Å². The molecule has 0 unspecified atom stereocenters. The Morgan fingerprint density at radius 3 is 2.50 bits per heavy atom. The number of aliphatic hydroxyl groups excluding tert-OH is 1. The standard InChI is InChI=1S/C15H21NO2/c1-10(2)11-6-7-16-12(8-11)13(17)9-14(18)15(3,4)5/h6-10,18H,1-5H3/b14-9-. The number of hydrogen-bond acceptors (Lipinski definition) is 3. The molecular formula is C15H21NO2. The van der Waals surface area contributed by atoms with Gasteiger partial charge in [-0.25, -0.2) is 0 Å². The van der Waals surface area contributed by atoms with E-state index in [4.69, 9.17) is 0 Å². The summed E-state index contributed by atoms with van der Waals surface area (Å²) in [5.74, 6) is 0.161. The van der Waals surface area contributed by atoms with Crippen LogP contribution in [0.2, 0.25) is 0 Å². The molecule has 0 aliphatic carbocycles. The van der Waals surface area contributed by atoms with Gasteiger partial charge in [0, 0.05) is 17.7 Å². The number of carbonyl (C=O) groups is 1. The molecule has 0 aromatic carbocycles. The van der Waals surface area contributed by atoms with Gasteiger partial charge in [-0.3, -0.25) is 9.78 Å². The molecular weight excluding hydrogens is 226 g/mol. The first-order chi connectivity index (χ1) is 8.21. The predicted octanol–water partition coefficient (Wildman–Crippen LogP) is 3.88. The molecule has 3 heteroatoms. The number of ketones is 1. The molecule has 0 saturated carbocycles. The number of aromatic nitrogens is 1. The summed E-state index contributed by atoms with van der Waals surface area (Å²) in [6.07, 6.45) is 2.89. The van der Waals surface area contributed by atoms with Crippen LogP contribution >= 0.6 is 0 Å². The second-order valence-corrected chi connectivity index (χ2v) is 5.77. The van der Waals surface area contributed by atoms with Crippen molar-refractivity contribution in [2.45, 2.75) is 40.5 Å². The molecule has 1 rings (SSSR count). The zero-order chi connectivity index (χ0) is 13.9. The molecule has 98 valence electrons. The molecule has 0 atom stereocenters. The highest BCUT2D eigenvalue weighted by atomic mass is 16.3. The Hall–Kier alpha value is -1.64. The lowest BCUT2D eigenvalue weighted by Gasteiger charge is -2.16. The Morgan fingerprint density at radius 1 is 1.39 bits per heavy atom. The van der Waals surface area contributed by atoms with E-state index < -0.39 is 5.41 Å². The fourth-order valence-electron chi connectivity index (χ4n) is 1.36. The van der Waals surface area contributed by atoms with E-state index in [9.17, 15) is 9.90 Å². The third kappa shape index (κ3) is 3.69. The van der Waals surface area contributed by atoms with Crippen LogP contribution in [0.3, 0.4) is 0 Å². The van der Waals surface area contributed by atoms with Crippen LogP contribution in [0.25, 0.3) is 0 Å². The third-order valence-corrected chi connectivity index (χ3v) is 2.74. The average Bonchev–Trinajstić information content (AvgIpc) is 2.27. The largest absolute Gasteiger partial charge is 0.512 e. The summed E-state index contributed by atoms with van der Waals surface area (Å²) in [6, 6.07) is 3.67. The van der Waals surface area contributed by atoms with Gasteiger partial charge in [0.2, 0.25) is 5.78 Å². The normalized spacial score (nSPS) is 12.9. The van der Waals surface area contributed by atoms with Crippen LogP contribution in [0.1, 0.15) is 56.6 Å². The Labute approximate surface area is 109 Å². The minimum absolute atomic E-state index is 0.0734. The fraction of sp³-hybridized carbons (Fsp3) is 0.467. The molecule has 0 bridgehead atoms. The number of rotatable bonds is 3. The van der Waals surface area contributed by atoms with E-state index >= 15 is 0 Å². The fourth-order valence-corrected chi connectivity index (χ4v) is 1.36. The highest BCUT2D eigenvalue weighted by Crippen LogP contribution is 2.23. The summed E-state index contributed by atoms with van der Waals surface area (Å²) in [5.41, 5.74) is 1.01. The van der Waals surface area contributed by atoms with E-state index in [1.54, 1.807) is 12.3 Å². The van der Waals surface area contributed by atoms with Crippen molar-refractivity contribution in [1.29, 1.82) is 0 Å². The maximum Gasteiger partial charge on any atom is 0.207 e. The zero-order valence-corrected chi connectivity index (χ0v) is 11.7. The summed E-state index contributed by atoms with van der Waals surface area (Å²) in [7, 11) is 0. The Morgan fingerprint density at radius 2 is 2.00 bits per heavy atom. The quantitative estimate of drug-likeness (QED) is 0.501. The van der Waals surface area contributed by atoms with Crippen molar-refractivity contribution in [3.8, 4) is 0 Å². The summed E-state index contributed by atoms with van der Waals surface area (Å²) in [6.45, 7) is 9.68. The topological polar surface area (TPSA) is 50.2 Å². The molecule has 0 fully saturated rings. The molecule has 0 spiro atoms. The van der Waals surface area contributed by atoms with Gasteiger partial charge in [-0.2, -0.15) is 0 Å². The Balaban J connectivity index is 3.02. The van der Waals surface area contributed by atoms with Crippen molar-refractivity contribution in [2.24, 2.45) is 5.41 Å². The molecule has 0 amide bonds. The van der Waals surface area contributed by atoms with Gasteiger partial charge in [-0.1, -0.05) is 34.6 Å². The van der Waals surface area contributed by atoms with E-state index in [1.807, 2.05) is 26.8 Å². The monoisotopic (exact) mass is 247 g/mol. The number of hydrogen-bond donors (Lipinski definition) is 1. The number of allylic oxidation sites excluding steroid dienone is 2. The van der Waals surface area contributed by atoms with Gasteiger partial charge in [0.1, 0.15) is 11.5 Å². The summed E-state index contributed by atoms with van der Waals surface area (Å²) in [5, 5.41) is 9.81. The van der Waals surface area contributed by atoms with Gasteiger partial charge in [-0.15, -0.1) is 0 Å². The van der Waals surface area contributed by atoms with Gasteiger partial charge in [0.15, 0.2) is 0 Å². The maximum atomic E-state index is 12.0. The number of aliphatic hydroxyl groups is 1. The molecule has 3 nitrogen and oxygen atoms in total. The first-order valence-electron chi connectivity index (χ1n) is 6.13. The molecule has 0 radical (unpaired) electrons. The molecule has 1 heterocycles. The first-order valence-corrected chi connectivity index (χ1v) is 6.13. The lowest BCUT2D eigenvalue weighted by Crippen LogP contribution is -2.11. The summed E-state index contributed by atoms with van der Waals surface area (Å²) < 4.78 is 0. The second kappa shape index (κ2) is 5.34. The molecule has 1 aromatic rings. The molecule has 1 aromatic heterocycles. The minimum atomic E-state index is -0.425. The van der Waals surface area contributed by atoms with Crippen molar-refractivity contribution >= 4 is 5.78 Å². The van der Waals surface area contributed by atoms with Gasteiger partial charge in [-0.05, 0) is 23.6 Å². The van der Waals surface area contributed by atoms with Gasteiger partial charge in [0.25, 0.3) is 0 Å². The third-order valence-electron chi connectivity index (χ3n) is 2.74. The van der Waals surface area contributed by atoms with E-state index in [1.165, 1.54) is 6.08 Å². The van der Waals surface area contributed by atoms with Crippen LogP contribution < -0.4 is 0 Å². The number of nitrogens with zero attached hydrogens (tertiary/aromatic N) is 1. The van der Waals surface area contributed by atoms with E-state index in [0.717, 1.165) is 5.56 Å². The van der Waals surface area contributed by atoms with Crippen molar-refractivity contribution < 1.29 is 9.90 Å². The van der Waals surface area contributed by atoms with Gasteiger partial charge in [0.05, 0.1) is 0 Å². The SMILES string of the molecule is CC(C)c1ccnc(C(=O)/C=C(\O)C(C)(C)C)c1. The maximum absolute atomic E-state index is 12.0. The molecule has 0 saturated heterocycles. The Bertz CT molecular complexity index is 468. The van der Waals surface area contributed by atoms with Crippen LogP contribution in [-0.4, -0.2) is 15.9 Å². The predicted molar refractivity (Wildman–Crippen MR) is 72.8 cm³/mol. The minimum Gasteiger partial charge on any atom is -0.512 e. The molecule has 0 aliphatic heterocycles. The van der Waals surface area contributed by atoms with E-state index in [-0.39, 0.29) is 11.5 Å². The van der Waals surface area contributed by atoms with Crippen molar-refractivity contribution in [2.75, 3.05) is 0 Å². The first kappa shape index (κ1) is 14.4. The van der Waals surface area contributed by atoms with Gasteiger partial charge < -0.3 is 5.11 Å². The average molecular weight is 247 g/mol. The molecule has 1 N–H and O–H groups in total. The van der Waals surface area contributed by atoms with E-state index in [0.29, 0.717) is 11.6 Å². The lowest BCUT2D eigenvalue weighted by molar-refractivity contribution is 0.103. The summed E-state index contributed by atoms with van der Waals surface area (Å²) in [4.78, 5) is 16.0. The van der Waals surface area contributed by atoms with Crippen molar-refractivity contribution in [3.63, 3.8) is 0 Å². The zero-order valence-electron chi connectivity index (χ0n) is 11.7. The smallest absolute Gasteiger partial charge is 0.207 e. The highest BCUT2D eigenvalue weighted by molar-refractivity contribution is 6.03. The lowest BCUT2D eigenvalue weighted by atomic mass is 9.92. The van der Waals surface area contributed by atoms with Crippen LogP contribution in [0.15, 0.2) is 30.2 Å². The highest BCUT2D eigenvalue weighted by Gasteiger charge is 2.18. The van der Waals surface area contributed by atoms with Crippen LogP contribution in [-0.2, 0) is 0 Å².